The molecule has 122 valence electrons. The number of hydrogen-bond donors (Lipinski definition) is 1. The maximum atomic E-state index is 12.7. The summed E-state index contributed by atoms with van der Waals surface area (Å²) in [5.74, 6) is 0.318. The largest absolute Gasteiger partial charge is 0.495 e. The SMILES string of the molecule is COc1ccc(C)cc1NC(=O)c1snnc1-c1ccc(Cl)cc1. The van der Waals surface area contributed by atoms with E-state index in [1.54, 1.807) is 19.2 Å². The molecule has 0 saturated carbocycles. The average molecular weight is 360 g/mol. The van der Waals surface area contributed by atoms with E-state index in [0.29, 0.717) is 27.0 Å². The minimum Gasteiger partial charge on any atom is -0.495 e. The number of carbonyl (C=O) groups is 1. The van der Waals surface area contributed by atoms with Gasteiger partial charge >= 0.3 is 0 Å². The van der Waals surface area contributed by atoms with Crippen LogP contribution in [0.3, 0.4) is 0 Å². The first kappa shape index (κ1) is 16.4. The number of aryl methyl sites for hydroxylation is 1. The third-order valence-corrected chi connectivity index (χ3v) is 4.39. The van der Waals surface area contributed by atoms with E-state index in [9.17, 15) is 4.79 Å². The maximum absolute atomic E-state index is 12.7. The summed E-state index contributed by atoms with van der Waals surface area (Å²) >= 11 is 6.95. The molecule has 0 unspecified atom stereocenters. The lowest BCUT2D eigenvalue weighted by atomic mass is 10.1. The molecule has 0 radical (unpaired) electrons. The van der Waals surface area contributed by atoms with E-state index in [-0.39, 0.29) is 5.91 Å². The molecule has 0 aliphatic carbocycles. The highest BCUT2D eigenvalue weighted by Gasteiger charge is 2.19. The summed E-state index contributed by atoms with van der Waals surface area (Å²) < 4.78 is 9.20. The fraction of sp³-hybridized carbons (Fsp3) is 0.118. The molecular weight excluding hydrogens is 346 g/mol. The third kappa shape index (κ3) is 3.39. The Labute approximate surface area is 148 Å². The van der Waals surface area contributed by atoms with Gasteiger partial charge in [0, 0.05) is 10.6 Å². The van der Waals surface area contributed by atoms with Crippen LogP contribution in [0, 0.1) is 6.92 Å². The highest BCUT2D eigenvalue weighted by atomic mass is 35.5. The van der Waals surface area contributed by atoms with Crippen molar-refractivity contribution in [2.45, 2.75) is 6.92 Å². The Balaban J connectivity index is 1.91. The Kier molecular flexibility index (Phi) is 4.78. The Morgan fingerprint density at radius 1 is 1.21 bits per heavy atom. The summed E-state index contributed by atoms with van der Waals surface area (Å²) in [6, 6.07) is 12.7. The van der Waals surface area contributed by atoms with Gasteiger partial charge in [0.2, 0.25) is 0 Å². The Morgan fingerprint density at radius 3 is 2.67 bits per heavy atom. The van der Waals surface area contributed by atoms with Gasteiger partial charge in [0.1, 0.15) is 16.3 Å². The molecule has 0 fully saturated rings. The highest BCUT2D eigenvalue weighted by Crippen LogP contribution is 2.29. The molecule has 0 bridgehead atoms. The number of anilines is 1. The minimum absolute atomic E-state index is 0.279. The second-order valence-electron chi connectivity index (χ2n) is 5.12. The van der Waals surface area contributed by atoms with Crippen LogP contribution < -0.4 is 10.1 Å². The van der Waals surface area contributed by atoms with Crippen LogP contribution in [0.2, 0.25) is 5.02 Å². The molecule has 1 aromatic heterocycles. The Morgan fingerprint density at radius 2 is 1.96 bits per heavy atom. The summed E-state index contributed by atoms with van der Waals surface area (Å²) in [6.45, 7) is 1.95. The molecular formula is C17H14ClN3O2S. The molecule has 0 saturated heterocycles. The van der Waals surface area contributed by atoms with Crippen LogP contribution in [-0.2, 0) is 0 Å². The lowest BCUT2D eigenvalue weighted by molar-refractivity contribution is 0.103. The van der Waals surface area contributed by atoms with Crippen molar-refractivity contribution in [3.05, 3.63) is 57.9 Å². The quantitative estimate of drug-likeness (QED) is 0.748. The van der Waals surface area contributed by atoms with E-state index in [0.717, 1.165) is 22.7 Å². The van der Waals surface area contributed by atoms with Crippen LogP contribution >= 0.6 is 23.1 Å². The first-order valence-electron chi connectivity index (χ1n) is 7.13. The topological polar surface area (TPSA) is 64.1 Å². The first-order valence-corrected chi connectivity index (χ1v) is 8.28. The summed E-state index contributed by atoms with van der Waals surface area (Å²) in [5.41, 5.74) is 2.94. The summed E-state index contributed by atoms with van der Waals surface area (Å²) in [5, 5.41) is 7.56. The summed E-state index contributed by atoms with van der Waals surface area (Å²) in [7, 11) is 1.56. The average Bonchev–Trinajstić information content (AvgIpc) is 3.05. The molecule has 1 N–H and O–H groups in total. The third-order valence-electron chi connectivity index (χ3n) is 3.42. The number of benzene rings is 2. The summed E-state index contributed by atoms with van der Waals surface area (Å²) in [4.78, 5) is 13.1. The second-order valence-corrected chi connectivity index (χ2v) is 6.31. The van der Waals surface area contributed by atoms with Crippen LogP contribution in [0.1, 0.15) is 15.2 Å². The first-order chi connectivity index (χ1) is 11.6. The Bertz CT molecular complexity index is 878. The van der Waals surface area contributed by atoms with E-state index in [2.05, 4.69) is 14.9 Å². The molecule has 0 aliphatic rings. The summed E-state index contributed by atoms with van der Waals surface area (Å²) in [6.07, 6.45) is 0. The molecule has 0 spiro atoms. The van der Waals surface area contributed by atoms with Crippen molar-refractivity contribution < 1.29 is 9.53 Å². The predicted molar refractivity (Wildman–Crippen MR) is 96.0 cm³/mol. The molecule has 1 heterocycles. The molecule has 1 amide bonds. The number of rotatable bonds is 4. The van der Waals surface area contributed by atoms with Gasteiger partial charge in [0.25, 0.3) is 5.91 Å². The zero-order chi connectivity index (χ0) is 17.1. The fourth-order valence-electron chi connectivity index (χ4n) is 2.23. The Hall–Kier alpha value is -2.44. The van der Waals surface area contributed by atoms with E-state index in [1.165, 1.54) is 0 Å². The van der Waals surface area contributed by atoms with Gasteiger partial charge in [-0.15, -0.1) is 5.10 Å². The van der Waals surface area contributed by atoms with Crippen LogP contribution in [0.5, 0.6) is 5.75 Å². The van der Waals surface area contributed by atoms with Crippen molar-refractivity contribution in [2.75, 3.05) is 12.4 Å². The van der Waals surface area contributed by atoms with Gasteiger partial charge in [0.05, 0.1) is 12.8 Å². The van der Waals surface area contributed by atoms with Gasteiger partial charge in [-0.2, -0.15) is 0 Å². The number of aromatic nitrogens is 2. The number of nitrogens with zero attached hydrogens (tertiary/aromatic N) is 2. The van der Waals surface area contributed by atoms with Crippen molar-refractivity contribution in [1.29, 1.82) is 0 Å². The van der Waals surface area contributed by atoms with Crippen molar-refractivity contribution in [3.8, 4) is 17.0 Å². The van der Waals surface area contributed by atoms with Gasteiger partial charge in [-0.25, -0.2) is 0 Å². The van der Waals surface area contributed by atoms with E-state index >= 15 is 0 Å². The van der Waals surface area contributed by atoms with Crippen LogP contribution in [0.4, 0.5) is 5.69 Å². The number of carbonyl (C=O) groups excluding carboxylic acids is 1. The maximum Gasteiger partial charge on any atom is 0.269 e. The fourth-order valence-corrected chi connectivity index (χ4v) is 2.94. The molecule has 0 atom stereocenters. The van der Waals surface area contributed by atoms with Crippen molar-refractivity contribution in [2.24, 2.45) is 0 Å². The van der Waals surface area contributed by atoms with Gasteiger partial charge in [0.15, 0.2) is 0 Å². The monoisotopic (exact) mass is 359 g/mol. The van der Waals surface area contributed by atoms with E-state index in [4.69, 9.17) is 16.3 Å². The molecule has 3 rings (SSSR count). The lowest BCUT2D eigenvalue weighted by Crippen LogP contribution is -2.12. The van der Waals surface area contributed by atoms with Crippen LogP contribution in [-0.4, -0.2) is 22.6 Å². The second kappa shape index (κ2) is 6.98. The van der Waals surface area contributed by atoms with E-state index < -0.39 is 0 Å². The molecule has 3 aromatic rings. The zero-order valence-electron chi connectivity index (χ0n) is 13.0. The molecule has 7 heteroatoms. The number of ether oxygens (including phenoxy) is 1. The zero-order valence-corrected chi connectivity index (χ0v) is 14.6. The number of methoxy groups -OCH3 is 1. The molecule has 0 aliphatic heterocycles. The van der Waals surface area contributed by atoms with Crippen molar-refractivity contribution in [3.63, 3.8) is 0 Å². The normalized spacial score (nSPS) is 10.5. The smallest absolute Gasteiger partial charge is 0.269 e. The molecule has 5 nitrogen and oxygen atoms in total. The number of amides is 1. The van der Waals surface area contributed by atoms with E-state index in [1.807, 2.05) is 37.3 Å². The van der Waals surface area contributed by atoms with Gasteiger partial charge < -0.3 is 10.1 Å². The number of nitrogens with one attached hydrogen (secondary N) is 1. The van der Waals surface area contributed by atoms with Crippen molar-refractivity contribution >= 4 is 34.7 Å². The van der Waals surface area contributed by atoms with Gasteiger partial charge in [-0.3, -0.25) is 4.79 Å². The minimum atomic E-state index is -0.279. The van der Waals surface area contributed by atoms with Gasteiger partial charge in [-0.05, 0) is 48.3 Å². The predicted octanol–water partition coefficient (Wildman–Crippen LogP) is 4.43. The standard InChI is InChI=1S/C17H14ClN3O2S/c1-10-3-8-14(23-2)13(9-10)19-17(22)16-15(20-21-24-16)11-4-6-12(18)7-5-11/h3-9H,1-2H3,(H,19,22). The van der Waals surface area contributed by atoms with Gasteiger partial charge in [-0.1, -0.05) is 34.3 Å². The van der Waals surface area contributed by atoms with Crippen molar-refractivity contribution in [1.82, 2.24) is 9.59 Å². The lowest BCUT2D eigenvalue weighted by Gasteiger charge is -2.10. The number of halogens is 1. The highest BCUT2D eigenvalue weighted by molar-refractivity contribution is 7.08. The molecule has 2 aromatic carbocycles. The van der Waals surface area contributed by atoms with Crippen LogP contribution in [0.15, 0.2) is 42.5 Å². The molecule has 24 heavy (non-hydrogen) atoms. The number of hydrogen-bond acceptors (Lipinski definition) is 5. The van der Waals surface area contributed by atoms with Crippen LogP contribution in [0.25, 0.3) is 11.3 Å².